The fraction of sp³-hybridized carbons (Fsp3) is 0.812. The van der Waals surface area contributed by atoms with Crippen LogP contribution in [0, 0.1) is 5.92 Å². The first-order chi connectivity index (χ1) is 9.55. The molecule has 114 valence electrons. The molecule has 1 aliphatic rings. The number of aromatic nitrogens is 1. The highest BCUT2D eigenvalue weighted by Crippen LogP contribution is 2.38. The van der Waals surface area contributed by atoms with E-state index in [9.17, 15) is 0 Å². The van der Waals surface area contributed by atoms with Gasteiger partial charge in [-0.05, 0) is 45.1 Å². The molecule has 1 unspecified atom stereocenters. The lowest BCUT2D eigenvalue weighted by atomic mass is 9.96. The summed E-state index contributed by atoms with van der Waals surface area (Å²) in [7, 11) is 0. The summed E-state index contributed by atoms with van der Waals surface area (Å²) in [5.74, 6) is 0.644. The monoisotopic (exact) mass is 296 g/mol. The molecule has 2 rings (SSSR count). The van der Waals surface area contributed by atoms with E-state index < -0.39 is 0 Å². The normalized spacial score (nSPS) is 23.4. The van der Waals surface area contributed by atoms with Gasteiger partial charge in [0.05, 0.1) is 5.69 Å². The van der Waals surface area contributed by atoms with E-state index in [1.54, 1.807) is 0 Å². The summed E-state index contributed by atoms with van der Waals surface area (Å²) < 4.78 is 6.06. The summed E-state index contributed by atoms with van der Waals surface area (Å²) in [5, 5.41) is 4.62. The maximum Gasteiger partial charge on any atom is 0.125 e. The van der Waals surface area contributed by atoms with Crippen LogP contribution in [0.5, 0.6) is 0 Å². The summed E-state index contributed by atoms with van der Waals surface area (Å²) in [5.41, 5.74) is 1.12. The molecule has 1 aromatic heterocycles. The first kappa shape index (κ1) is 15.9. The van der Waals surface area contributed by atoms with Crippen LogP contribution in [0.3, 0.4) is 0 Å². The van der Waals surface area contributed by atoms with Crippen LogP contribution in [0.15, 0.2) is 0 Å². The van der Waals surface area contributed by atoms with Crippen LogP contribution in [0.1, 0.15) is 62.5 Å². The molecule has 1 saturated heterocycles. The fourth-order valence-corrected chi connectivity index (χ4v) is 3.82. The van der Waals surface area contributed by atoms with Crippen molar-refractivity contribution in [1.29, 1.82) is 0 Å². The molecular formula is C16H28N2OS. The van der Waals surface area contributed by atoms with Crippen LogP contribution < -0.4 is 5.32 Å². The molecule has 0 amide bonds. The van der Waals surface area contributed by atoms with Gasteiger partial charge < -0.3 is 10.1 Å². The van der Waals surface area contributed by atoms with Crippen molar-refractivity contribution in [3.05, 3.63) is 15.6 Å². The fourth-order valence-electron chi connectivity index (χ4n) is 2.64. The summed E-state index contributed by atoms with van der Waals surface area (Å²) in [6, 6.07) is 0. The van der Waals surface area contributed by atoms with Crippen LogP contribution in [0.4, 0.5) is 0 Å². The van der Waals surface area contributed by atoms with E-state index in [2.05, 4.69) is 33.0 Å². The van der Waals surface area contributed by atoms with Gasteiger partial charge >= 0.3 is 0 Å². The van der Waals surface area contributed by atoms with Gasteiger partial charge in [-0.2, -0.15) is 0 Å². The lowest BCUT2D eigenvalue weighted by molar-refractivity contribution is -0.0702. The Labute approximate surface area is 127 Å². The molecule has 0 bridgehead atoms. The van der Waals surface area contributed by atoms with Crippen molar-refractivity contribution in [2.45, 2.75) is 65.5 Å². The van der Waals surface area contributed by atoms with Gasteiger partial charge in [-0.1, -0.05) is 20.8 Å². The molecule has 20 heavy (non-hydrogen) atoms. The van der Waals surface area contributed by atoms with Crippen molar-refractivity contribution in [3.8, 4) is 0 Å². The molecule has 0 aliphatic carbocycles. The van der Waals surface area contributed by atoms with Crippen molar-refractivity contribution < 1.29 is 4.74 Å². The zero-order valence-electron chi connectivity index (χ0n) is 13.3. The molecule has 2 heterocycles. The average Bonchev–Trinajstić information content (AvgIpc) is 2.80. The van der Waals surface area contributed by atoms with Gasteiger partial charge in [0.2, 0.25) is 0 Å². The largest absolute Gasteiger partial charge is 0.368 e. The van der Waals surface area contributed by atoms with Crippen LogP contribution in [-0.4, -0.2) is 18.1 Å². The van der Waals surface area contributed by atoms with Crippen LogP contribution in [0.25, 0.3) is 0 Å². The van der Waals surface area contributed by atoms with E-state index in [1.807, 2.05) is 11.3 Å². The smallest absolute Gasteiger partial charge is 0.125 e. The van der Waals surface area contributed by atoms with Crippen LogP contribution in [0.2, 0.25) is 0 Å². The van der Waals surface area contributed by atoms with Crippen molar-refractivity contribution in [2.75, 3.05) is 13.2 Å². The van der Waals surface area contributed by atoms with E-state index in [0.29, 0.717) is 5.92 Å². The Bertz CT molecular complexity index is 422. The van der Waals surface area contributed by atoms with Gasteiger partial charge in [-0.25, -0.2) is 4.98 Å². The standard InChI is InChI=1S/C16H28N2OS/c1-5-17-11-14-13(10-12(2)3)18-15(20-14)16(4)8-6-7-9-19-16/h12,17H,5-11H2,1-4H3. The lowest BCUT2D eigenvalue weighted by Gasteiger charge is -2.31. The van der Waals surface area contributed by atoms with Gasteiger partial charge in [0.1, 0.15) is 10.6 Å². The van der Waals surface area contributed by atoms with Crippen molar-refractivity contribution in [3.63, 3.8) is 0 Å². The van der Waals surface area contributed by atoms with Gasteiger partial charge in [0.15, 0.2) is 0 Å². The maximum absolute atomic E-state index is 6.06. The second-order valence-corrected chi connectivity index (χ2v) is 7.39. The lowest BCUT2D eigenvalue weighted by Crippen LogP contribution is -2.30. The third-order valence-corrected chi connectivity index (χ3v) is 5.18. The number of hydrogen-bond donors (Lipinski definition) is 1. The third kappa shape index (κ3) is 3.80. The van der Waals surface area contributed by atoms with Crippen molar-refractivity contribution >= 4 is 11.3 Å². The first-order valence-electron chi connectivity index (χ1n) is 7.89. The average molecular weight is 296 g/mol. The van der Waals surface area contributed by atoms with E-state index in [0.717, 1.165) is 32.5 Å². The zero-order valence-corrected chi connectivity index (χ0v) is 14.1. The summed E-state index contributed by atoms with van der Waals surface area (Å²) in [6.45, 7) is 11.7. The van der Waals surface area contributed by atoms with Gasteiger partial charge in [0.25, 0.3) is 0 Å². The van der Waals surface area contributed by atoms with E-state index in [4.69, 9.17) is 9.72 Å². The first-order valence-corrected chi connectivity index (χ1v) is 8.70. The maximum atomic E-state index is 6.06. The third-order valence-electron chi connectivity index (χ3n) is 3.84. The Kier molecular flexibility index (Phi) is 5.58. The number of nitrogens with one attached hydrogen (secondary N) is 1. The molecule has 0 saturated carbocycles. The SMILES string of the molecule is CCNCc1sc(C2(C)CCCCO2)nc1CC(C)C. The highest BCUT2D eigenvalue weighted by molar-refractivity contribution is 7.11. The second kappa shape index (κ2) is 7.01. The molecule has 1 atom stereocenters. The predicted molar refractivity (Wildman–Crippen MR) is 85.2 cm³/mol. The number of ether oxygens (including phenoxy) is 1. The Morgan fingerprint density at radius 2 is 2.20 bits per heavy atom. The molecule has 3 nitrogen and oxygen atoms in total. The van der Waals surface area contributed by atoms with E-state index in [-0.39, 0.29) is 5.60 Å². The number of rotatable bonds is 6. The Hall–Kier alpha value is -0.450. The molecule has 1 fully saturated rings. The number of nitrogens with zero attached hydrogens (tertiary/aromatic N) is 1. The molecule has 4 heteroatoms. The predicted octanol–water partition coefficient (Wildman–Crippen LogP) is 3.87. The molecule has 0 spiro atoms. The Morgan fingerprint density at radius 1 is 1.40 bits per heavy atom. The van der Waals surface area contributed by atoms with Crippen LogP contribution in [-0.2, 0) is 23.3 Å². The number of thiazole rings is 1. The minimum atomic E-state index is -0.154. The highest BCUT2D eigenvalue weighted by atomic mass is 32.1. The van der Waals surface area contributed by atoms with E-state index in [1.165, 1.54) is 28.4 Å². The molecular weight excluding hydrogens is 268 g/mol. The Balaban J connectivity index is 2.22. The van der Waals surface area contributed by atoms with Crippen molar-refractivity contribution in [1.82, 2.24) is 10.3 Å². The van der Waals surface area contributed by atoms with E-state index >= 15 is 0 Å². The summed E-state index contributed by atoms with van der Waals surface area (Å²) >= 11 is 1.85. The zero-order chi connectivity index (χ0) is 14.6. The highest BCUT2D eigenvalue weighted by Gasteiger charge is 2.34. The topological polar surface area (TPSA) is 34.1 Å². The number of hydrogen-bond acceptors (Lipinski definition) is 4. The van der Waals surface area contributed by atoms with Gasteiger partial charge in [0, 0.05) is 18.0 Å². The van der Waals surface area contributed by atoms with Crippen LogP contribution >= 0.6 is 11.3 Å². The summed E-state index contributed by atoms with van der Waals surface area (Å²) in [6.07, 6.45) is 4.60. The van der Waals surface area contributed by atoms with Gasteiger partial charge in [-0.3, -0.25) is 0 Å². The minimum Gasteiger partial charge on any atom is -0.368 e. The summed E-state index contributed by atoms with van der Waals surface area (Å²) in [4.78, 5) is 6.35. The molecule has 1 N–H and O–H groups in total. The quantitative estimate of drug-likeness (QED) is 0.865. The minimum absolute atomic E-state index is 0.154. The molecule has 1 aliphatic heterocycles. The molecule has 0 aromatic carbocycles. The Morgan fingerprint density at radius 3 is 2.80 bits per heavy atom. The van der Waals surface area contributed by atoms with Crippen molar-refractivity contribution in [2.24, 2.45) is 5.92 Å². The molecule has 1 aromatic rings. The molecule has 0 radical (unpaired) electrons. The second-order valence-electron chi connectivity index (χ2n) is 6.30. The van der Waals surface area contributed by atoms with Gasteiger partial charge in [-0.15, -0.1) is 11.3 Å².